The normalized spacial score (nSPS) is 16.0. The molecule has 0 aliphatic carbocycles. The maximum absolute atomic E-state index is 12.4. The number of hydrogen-bond acceptors (Lipinski definition) is 5. The van der Waals surface area contributed by atoms with Crippen molar-refractivity contribution in [3.63, 3.8) is 0 Å². The van der Waals surface area contributed by atoms with Crippen LogP contribution in [0.4, 0.5) is 5.69 Å². The number of pyridine rings is 1. The number of nitrogens with zero attached hydrogens (tertiary/aromatic N) is 1. The maximum atomic E-state index is 12.4. The molecule has 0 spiro atoms. The third kappa shape index (κ3) is 5.52. The SMILES string of the molecule is Cc1ccc(NC(=O)COc2ccccc2C(=O)NC[C@@H]2CCCO2)cn1. The van der Waals surface area contributed by atoms with Crippen molar-refractivity contribution in [2.45, 2.75) is 25.9 Å². The molecule has 2 aromatic rings. The number of hydrogen-bond donors (Lipinski definition) is 2. The van der Waals surface area contributed by atoms with Crippen molar-refractivity contribution in [3.05, 3.63) is 53.9 Å². The van der Waals surface area contributed by atoms with Crippen molar-refractivity contribution >= 4 is 17.5 Å². The molecule has 0 radical (unpaired) electrons. The van der Waals surface area contributed by atoms with Gasteiger partial charge in [0.2, 0.25) is 0 Å². The highest BCUT2D eigenvalue weighted by molar-refractivity contribution is 5.97. The van der Waals surface area contributed by atoms with Gasteiger partial charge in [0, 0.05) is 18.8 Å². The van der Waals surface area contributed by atoms with Gasteiger partial charge in [0.05, 0.1) is 23.6 Å². The van der Waals surface area contributed by atoms with E-state index in [4.69, 9.17) is 9.47 Å². The number of aryl methyl sites for hydroxylation is 1. The van der Waals surface area contributed by atoms with E-state index in [1.807, 2.05) is 13.0 Å². The molecule has 1 saturated heterocycles. The van der Waals surface area contributed by atoms with E-state index in [1.165, 1.54) is 0 Å². The van der Waals surface area contributed by atoms with E-state index in [-0.39, 0.29) is 24.5 Å². The summed E-state index contributed by atoms with van der Waals surface area (Å²) in [6.45, 7) is 2.87. The minimum absolute atomic E-state index is 0.0657. The van der Waals surface area contributed by atoms with Gasteiger partial charge in [-0.3, -0.25) is 14.6 Å². The number of anilines is 1. The van der Waals surface area contributed by atoms with Crippen LogP contribution in [0.2, 0.25) is 0 Å². The molecule has 1 fully saturated rings. The standard InChI is InChI=1S/C20H23N3O4/c1-14-8-9-15(11-21-14)23-19(24)13-27-18-7-3-2-6-17(18)20(25)22-12-16-5-4-10-26-16/h2-3,6-9,11,16H,4-5,10,12-13H2,1H3,(H,22,25)(H,23,24)/t16-/m0/s1. The van der Waals surface area contributed by atoms with Gasteiger partial charge in [-0.2, -0.15) is 0 Å². The third-order valence-corrected chi connectivity index (χ3v) is 4.20. The van der Waals surface area contributed by atoms with Gasteiger partial charge in [0.15, 0.2) is 6.61 Å². The summed E-state index contributed by atoms with van der Waals surface area (Å²) < 4.78 is 11.1. The van der Waals surface area contributed by atoms with E-state index in [2.05, 4.69) is 15.6 Å². The second-order valence-electron chi connectivity index (χ2n) is 6.37. The molecule has 0 saturated carbocycles. The average molecular weight is 369 g/mol. The number of nitrogens with one attached hydrogen (secondary N) is 2. The van der Waals surface area contributed by atoms with Crippen LogP contribution in [0.15, 0.2) is 42.6 Å². The summed E-state index contributed by atoms with van der Waals surface area (Å²) in [7, 11) is 0. The topological polar surface area (TPSA) is 89.5 Å². The summed E-state index contributed by atoms with van der Waals surface area (Å²) in [4.78, 5) is 28.6. The lowest BCUT2D eigenvalue weighted by molar-refractivity contribution is -0.118. The van der Waals surface area contributed by atoms with Crippen LogP contribution in [0, 0.1) is 6.92 Å². The number of amides is 2. The molecule has 27 heavy (non-hydrogen) atoms. The van der Waals surface area contributed by atoms with E-state index >= 15 is 0 Å². The Bertz CT molecular complexity index is 786. The molecular weight excluding hydrogens is 346 g/mol. The molecule has 2 amide bonds. The van der Waals surface area contributed by atoms with Crippen LogP contribution in [0.25, 0.3) is 0 Å². The van der Waals surface area contributed by atoms with Gasteiger partial charge in [-0.15, -0.1) is 0 Å². The van der Waals surface area contributed by atoms with Gasteiger partial charge in [-0.1, -0.05) is 12.1 Å². The number of carbonyl (C=O) groups is 2. The van der Waals surface area contributed by atoms with E-state index in [9.17, 15) is 9.59 Å². The van der Waals surface area contributed by atoms with E-state index in [0.717, 1.165) is 25.1 Å². The van der Waals surface area contributed by atoms with Gasteiger partial charge >= 0.3 is 0 Å². The minimum Gasteiger partial charge on any atom is -0.483 e. The average Bonchev–Trinajstić information content (AvgIpc) is 3.20. The fourth-order valence-corrected chi connectivity index (χ4v) is 2.77. The first-order valence-electron chi connectivity index (χ1n) is 8.96. The fraction of sp³-hybridized carbons (Fsp3) is 0.350. The lowest BCUT2D eigenvalue weighted by Crippen LogP contribution is -2.32. The summed E-state index contributed by atoms with van der Waals surface area (Å²) in [5.74, 6) is -0.209. The second-order valence-corrected chi connectivity index (χ2v) is 6.37. The molecule has 2 heterocycles. The number of aromatic nitrogens is 1. The molecule has 0 unspecified atom stereocenters. The Hall–Kier alpha value is -2.93. The van der Waals surface area contributed by atoms with Gasteiger partial charge in [-0.05, 0) is 44.0 Å². The first-order valence-corrected chi connectivity index (χ1v) is 8.96. The second kappa shape index (κ2) is 9.14. The van der Waals surface area contributed by atoms with Crippen molar-refractivity contribution in [2.75, 3.05) is 25.1 Å². The Morgan fingerprint density at radius 2 is 2.11 bits per heavy atom. The van der Waals surface area contributed by atoms with Crippen molar-refractivity contribution in [2.24, 2.45) is 0 Å². The monoisotopic (exact) mass is 369 g/mol. The Labute approximate surface area is 158 Å². The van der Waals surface area contributed by atoms with Gasteiger partial charge in [0.25, 0.3) is 11.8 Å². The highest BCUT2D eigenvalue weighted by Crippen LogP contribution is 2.18. The van der Waals surface area contributed by atoms with Crippen LogP contribution in [0.1, 0.15) is 28.9 Å². The molecule has 142 valence electrons. The zero-order valence-corrected chi connectivity index (χ0v) is 15.2. The molecule has 1 atom stereocenters. The van der Waals surface area contributed by atoms with Crippen LogP contribution in [-0.4, -0.2) is 42.7 Å². The van der Waals surface area contributed by atoms with Crippen molar-refractivity contribution < 1.29 is 19.1 Å². The largest absolute Gasteiger partial charge is 0.483 e. The zero-order chi connectivity index (χ0) is 19.1. The van der Waals surface area contributed by atoms with Crippen molar-refractivity contribution in [1.82, 2.24) is 10.3 Å². The Kier molecular flexibility index (Phi) is 6.38. The number of para-hydroxylation sites is 1. The lowest BCUT2D eigenvalue weighted by atomic mass is 10.1. The molecule has 2 N–H and O–H groups in total. The maximum Gasteiger partial charge on any atom is 0.262 e. The molecule has 7 nitrogen and oxygen atoms in total. The molecular formula is C20H23N3O4. The van der Waals surface area contributed by atoms with E-state index in [0.29, 0.717) is 23.5 Å². The number of rotatable bonds is 7. The van der Waals surface area contributed by atoms with Crippen LogP contribution >= 0.6 is 0 Å². The quantitative estimate of drug-likeness (QED) is 0.782. The predicted octanol–water partition coefficient (Wildman–Crippen LogP) is 2.32. The first kappa shape index (κ1) is 18.8. The number of benzene rings is 1. The zero-order valence-electron chi connectivity index (χ0n) is 15.2. The molecule has 1 aliphatic heterocycles. The molecule has 1 aromatic heterocycles. The number of carbonyl (C=O) groups excluding carboxylic acids is 2. The van der Waals surface area contributed by atoms with Crippen molar-refractivity contribution in [3.8, 4) is 5.75 Å². The highest BCUT2D eigenvalue weighted by Gasteiger charge is 2.18. The summed E-state index contributed by atoms with van der Waals surface area (Å²) in [6, 6.07) is 10.4. The van der Waals surface area contributed by atoms with Crippen LogP contribution in [-0.2, 0) is 9.53 Å². The Balaban J connectivity index is 1.54. The van der Waals surface area contributed by atoms with Crippen LogP contribution in [0.5, 0.6) is 5.75 Å². The first-order chi connectivity index (χ1) is 13.1. The van der Waals surface area contributed by atoms with E-state index < -0.39 is 0 Å². The van der Waals surface area contributed by atoms with E-state index in [1.54, 1.807) is 36.5 Å². The van der Waals surface area contributed by atoms with Gasteiger partial charge < -0.3 is 20.1 Å². The third-order valence-electron chi connectivity index (χ3n) is 4.20. The summed E-state index contributed by atoms with van der Waals surface area (Å²) in [6.07, 6.45) is 3.62. The van der Waals surface area contributed by atoms with Crippen LogP contribution < -0.4 is 15.4 Å². The molecule has 0 bridgehead atoms. The summed E-state index contributed by atoms with van der Waals surface area (Å²) >= 11 is 0. The van der Waals surface area contributed by atoms with Gasteiger partial charge in [0.1, 0.15) is 5.75 Å². The Morgan fingerprint density at radius 1 is 1.26 bits per heavy atom. The van der Waals surface area contributed by atoms with Crippen LogP contribution in [0.3, 0.4) is 0 Å². The van der Waals surface area contributed by atoms with Gasteiger partial charge in [-0.25, -0.2) is 0 Å². The lowest BCUT2D eigenvalue weighted by Gasteiger charge is -2.14. The predicted molar refractivity (Wildman–Crippen MR) is 101 cm³/mol. The Morgan fingerprint density at radius 3 is 2.85 bits per heavy atom. The fourth-order valence-electron chi connectivity index (χ4n) is 2.77. The molecule has 1 aromatic carbocycles. The molecule has 3 rings (SSSR count). The highest BCUT2D eigenvalue weighted by atomic mass is 16.5. The van der Waals surface area contributed by atoms with Crippen molar-refractivity contribution in [1.29, 1.82) is 0 Å². The number of ether oxygens (including phenoxy) is 2. The summed E-state index contributed by atoms with van der Waals surface area (Å²) in [5.41, 5.74) is 1.85. The molecule has 1 aliphatic rings. The summed E-state index contributed by atoms with van der Waals surface area (Å²) in [5, 5.41) is 5.57. The smallest absolute Gasteiger partial charge is 0.262 e. The minimum atomic E-state index is -0.324. The molecule has 7 heteroatoms.